The SMILES string of the molecule is CC(C)(C#Cc1ccc(C(=O)[O-])cc1)OC(=O)CS. The monoisotopic (exact) mass is 277 g/mol. The lowest BCUT2D eigenvalue weighted by Crippen LogP contribution is -2.26. The van der Waals surface area contributed by atoms with Crippen molar-refractivity contribution in [3.63, 3.8) is 0 Å². The number of thiol groups is 1. The molecule has 0 radical (unpaired) electrons. The number of hydrogen-bond acceptors (Lipinski definition) is 5. The van der Waals surface area contributed by atoms with Crippen LogP contribution in [0.1, 0.15) is 29.8 Å². The molecule has 4 nitrogen and oxygen atoms in total. The molecule has 1 aromatic rings. The highest BCUT2D eigenvalue weighted by atomic mass is 32.1. The van der Waals surface area contributed by atoms with Crippen LogP contribution in [-0.4, -0.2) is 23.3 Å². The van der Waals surface area contributed by atoms with E-state index in [1.807, 2.05) is 0 Å². The van der Waals surface area contributed by atoms with Crippen LogP contribution in [0.2, 0.25) is 0 Å². The zero-order valence-electron chi connectivity index (χ0n) is 10.6. The lowest BCUT2D eigenvalue weighted by atomic mass is 10.1. The molecule has 0 aliphatic heterocycles. The van der Waals surface area contributed by atoms with Crippen LogP contribution in [0.3, 0.4) is 0 Å². The van der Waals surface area contributed by atoms with E-state index in [0.717, 1.165) is 0 Å². The molecule has 1 rings (SSSR count). The molecule has 0 heterocycles. The van der Waals surface area contributed by atoms with Gasteiger partial charge >= 0.3 is 5.97 Å². The third-order valence-corrected chi connectivity index (χ3v) is 2.38. The minimum atomic E-state index is -1.23. The van der Waals surface area contributed by atoms with Crippen LogP contribution < -0.4 is 5.11 Å². The number of esters is 1. The summed E-state index contributed by atoms with van der Waals surface area (Å²) in [6.45, 7) is 3.33. The minimum Gasteiger partial charge on any atom is -0.545 e. The molecule has 0 unspecified atom stereocenters. The average Bonchev–Trinajstić information content (AvgIpc) is 2.36. The highest BCUT2D eigenvalue weighted by Gasteiger charge is 2.18. The third kappa shape index (κ3) is 5.06. The van der Waals surface area contributed by atoms with Crippen molar-refractivity contribution in [1.82, 2.24) is 0 Å². The molecule has 0 fully saturated rings. The summed E-state index contributed by atoms with van der Waals surface area (Å²) in [5, 5.41) is 10.6. The van der Waals surface area contributed by atoms with E-state index in [1.165, 1.54) is 12.1 Å². The van der Waals surface area contributed by atoms with Gasteiger partial charge in [-0.05, 0) is 31.5 Å². The average molecular weight is 277 g/mol. The van der Waals surface area contributed by atoms with Crippen molar-refractivity contribution >= 4 is 24.6 Å². The van der Waals surface area contributed by atoms with E-state index in [1.54, 1.807) is 26.0 Å². The molecule has 1 aromatic carbocycles. The van der Waals surface area contributed by atoms with Gasteiger partial charge in [-0.25, -0.2) is 0 Å². The number of carboxylic acids is 1. The number of ether oxygens (including phenoxy) is 1. The van der Waals surface area contributed by atoms with E-state index in [2.05, 4.69) is 24.5 Å². The number of carboxylic acid groups (broad SMARTS) is 1. The standard InChI is InChI=1S/C14H14O4S/c1-14(2,18-12(15)9-19)8-7-10-3-5-11(6-4-10)13(16)17/h3-6,19H,9H2,1-2H3,(H,16,17)/p-1. The third-order valence-electron chi connectivity index (χ3n) is 2.13. The normalized spacial score (nSPS) is 10.3. The summed E-state index contributed by atoms with van der Waals surface area (Å²) in [5.74, 6) is 3.92. The van der Waals surface area contributed by atoms with Crippen molar-refractivity contribution in [2.45, 2.75) is 19.4 Å². The Morgan fingerprint density at radius 1 is 1.32 bits per heavy atom. The van der Waals surface area contributed by atoms with Gasteiger partial charge in [-0.3, -0.25) is 4.79 Å². The highest BCUT2D eigenvalue weighted by molar-refractivity contribution is 7.81. The van der Waals surface area contributed by atoms with Crippen molar-refractivity contribution in [2.75, 3.05) is 5.75 Å². The Morgan fingerprint density at radius 3 is 2.37 bits per heavy atom. The van der Waals surface area contributed by atoms with E-state index >= 15 is 0 Å². The second-order valence-electron chi connectivity index (χ2n) is 4.26. The second kappa shape index (κ2) is 6.30. The molecule has 0 N–H and O–H groups in total. The summed E-state index contributed by atoms with van der Waals surface area (Å²) in [4.78, 5) is 21.7. The zero-order valence-corrected chi connectivity index (χ0v) is 11.5. The Bertz CT molecular complexity index is 535. The molecule has 100 valence electrons. The smallest absolute Gasteiger partial charge is 0.317 e. The zero-order chi connectivity index (χ0) is 14.5. The fourth-order valence-electron chi connectivity index (χ4n) is 1.25. The van der Waals surface area contributed by atoms with Gasteiger partial charge in [0.2, 0.25) is 0 Å². The molecule has 0 saturated heterocycles. The second-order valence-corrected chi connectivity index (χ2v) is 4.57. The fraction of sp³-hybridized carbons (Fsp3) is 0.286. The van der Waals surface area contributed by atoms with Gasteiger partial charge < -0.3 is 14.6 Å². The molecule has 19 heavy (non-hydrogen) atoms. The van der Waals surface area contributed by atoms with Crippen molar-refractivity contribution in [1.29, 1.82) is 0 Å². The predicted molar refractivity (Wildman–Crippen MR) is 71.7 cm³/mol. The predicted octanol–water partition coefficient (Wildman–Crippen LogP) is 0.653. The van der Waals surface area contributed by atoms with Crippen LogP contribution in [0.5, 0.6) is 0 Å². The van der Waals surface area contributed by atoms with E-state index < -0.39 is 17.5 Å². The van der Waals surface area contributed by atoms with Crippen LogP contribution in [0, 0.1) is 11.8 Å². The first kappa shape index (κ1) is 15.1. The molecule has 0 saturated carbocycles. The maximum Gasteiger partial charge on any atom is 0.317 e. The van der Waals surface area contributed by atoms with Crippen LogP contribution >= 0.6 is 12.6 Å². The topological polar surface area (TPSA) is 66.4 Å². The maximum atomic E-state index is 11.1. The van der Waals surface area contributed by atoms with Gasteiger partial charge in [0.1, 0.15) is 0 Å². The van der Waals surface area contributed by atoms with Crippen molar-refractivity contribution < 1.29 is 19.4 Å². The van der Waals surface area contributed by atoms with Crippen molar-refractivity contribution in [2.24, 2.45) is 0 Å². The van der Waals surface area contributed by atoms with E-state index in [4.69, 9.17) is 4.74 Å². The highest BCUT2D eigenvalue weighted by Crippen LogP contribution is 2.09. The Morgan fingerprint density at radius 2 is 1.89 bits per heavy atom. The van der Waals surface area contributed by atoms with Gasteiger partial charge in [0.25, 0.3) is 0 Å². The summed E-state index contributed by atoms with van der Waals surface area (Å²) in [6.07, 6.45) is 0. The Labute approximate surface area is 117 Å². The van der Waals surface area contributed by atoms with E-state index in [9.17, 15) is 14.7 Å². The number of carbonyl (C=O) groups is 2. The first-order valence-corrected chi connectivity index (χ1v) is 6.14. The maximum absolute atomic E-state index is 11.1. The lowest BCUT2D eigenvalue weighted by Gasteiger charge is -2.17. The first-order valence-electron chi connectivity index (χ1n) is 5.51. The molecule has 0 atom stereocenters. The van der Waals surface area contributed by atoms with Gasteiger partial charge in [0, 0.05) is 5.56 Å². The number of rotatable bonds is 3. The minimum absolute atomic E-state index is 0.00851. The Balaban J connectivity index is 2.82. The van der Waals surface area contributed by atoms with Crippen LogP contribution in [0.25, 0.3) is 0 Å². The van der Waals surface area contributed by atoms with Crippen LogP contribution in [0.15, 0.2) is 24.3 Å². The van der Waals surface area contributed by atoms with Gasteiger partial charge in [0.05, 0.1) is 11.7 Å². The van der Waals surface area contributed by atoms with E-state index in [0.29, 0.717) is 5.56 Å². The summed E-state index contributed by atoms with van der Waals surface area (Å²) in [6, 6.07) is 5.95. The van der Waals surface area contributed by atoms with Gasteiger partial charge in [-0.2, -0.15) is 12.6 Å². The number of aromatic carboxylic acids is 1. The number of carbonyl (C=O) groups excluding carboxylic acids is 2. The first-order chi connectivity index (χ1) is 8.84. The Hall–Kier alpha value is -1.93. The molecule has 0 aromatic heterocycles. The van der Waals surface area contributed by atoms with Crippen LogP contribution in [-0.2, 0) is 9.53 Å². The molecular formula is C14H13O4S-. The molecular weight excluding hydrogens is 264 g/mol. The molecule has 5 heteroatoms. The molecule has 0 amide bonds. The Kier molecular flexibility index (Phi) is 5.02. The molecule has 0 spiro atoms. The van der Waals surface area contributed by atoms with Gasteiger partial charge in [-0.15, -0.1) is 0 Å². The fourth-order valence-corrected chi connectivity index (χ4v) is 1.32. The molecule has 0 aliphatic rings. The summed E-state index contributed by atoms with van der Waals surface area (Å²) in [7, 11) is 0. The van der Waals surface area contributed by atoms with Crippen molar-refractivity contribution in [3.8, 4) is 11.8 Å². The number of hydrogen-bond donors (Lipinski definition) is 1. The summed E-state index contributed by atoms with van der Waals surface area (Å²) >= 11 is 3.81. The van der Waals surface area contributed by atoms with Gasteiger partial charge in [-0.1, -0.05) is 24.0 Å². The number of benzene rings is 1. The van der Waals surface area contributed by atoms with Crippen molar-refractivity contribution in [3.05, 3.63) is 35.4 Å². The van der Waals surface area contributed by atoms with E-state index in [-0.39, 0.29) is 11.3 Å². The van der Waals surface area contributed by atoms with Crippen LogP contribution in [0.4, 0.5) is 0 Å². The largest absolute Gasteiger partial charge is 0.545 e. The summed E-state index contributed by atoms with van der Waals surface area (Å²) < 4.78 is 5.08. The molecule has 0 bridgehead atoms. The lowest BCUT2D eigenvalue weighted by molar-refractivity contribution is -0.255. The quantitative estimate of drug-likeness (QED) is 0.500. The van der Waals surface area contributed by atoms with Gasteiger partial charge in [0.15, 0.2) is 5.60 Å². The summed E-state index contributed by atoms with van der Waals surface area (Å²) in [5.41, 5.74) is -0.210. The molecule has 0 aliphatic carbocycles.